The maximum absolute atomic E-state index is 4.48. The Hall–Kier alpha value is -0.930. The maximum atomic E-state index is 4.48. The summed E-state index contributed by atoms with van der Waals surface area (Å²) < 4.78 is 0. The standard InChI is InChI=1S/C14H23N3/c1-3-17(10-13-5-4-8-15-13)11-14-7-6-12(2)9-16-14/h6-7,9,13,15H,3-5,8,10-11H2,1-2H3. The number of hydrogen-bond acceptors (Lipinski definition) is 3. The van der Waals surface area contributed by atoms with Crippen molar-refractivity contribution in [1.29, 1.82) is 0 Å². The van der Waals surface area contributed by atoms with Gasteiger partial charge in [-0.2, -0.15) is 0 Å². The van der Waals surface area contributed by atoms with Gasteiger partial charge in [-0.25, -0.2) is 0 Å². The fraction of sp³-hybridized carbons (Fsp3) is 0.643. The lowest BCUT2D eigenvalue weighted by Gasteiger charge is -2.23. The molecule has 1 aliphatic heterocycles. The summed E-state index contributed by atoms with van der Waals surface area (Å²) in [6.07, 6.45) is 4.60. The Labute approximate surface area is 104 Å². The summed E-state index contributed by atoms with van der Waals surface area (Å²) in [6.45, 7) is 8.69. The second-order valence-corrected chi connectivity index (χ2v) is 4.95. The number of aromatic nitrogens is 1. The zero-order chi connectivity index (χ0) is 12.1. The van der Waals surface area contributed by atoms with Crippen molar-refractivity contribution in [2.45, 2.75) is 39.3 Å². The largest absolute Gasteiger partial charge is 0.313 e. The number of likely N-dealkylation sites (N-methyl/N-ethyl adjacent to an activating group) is 1. The highest BCUT2D eigenvalue weighted by atomic mass is 15.2. The van der Waals surface area contributed by atoms with E-state index in [1.54, 1.807) is 0 Å². The monoisotopic (exact) mass is 233 g/mol. The second kappa shape index (κ2) is 6.12. The van der Waals surface area contributed by atoms with Crippen molar-refractivity contribution < 1.29 is 0 Å². The van der Waals surface area contributed by atoms with Crippen LogP contribution in [0.25, 0.3) is 0 Å². The Kier molecular flexibility index (Phi) is 4.51. The molecule has 17 heavy (non-hydrogen) atoms. The topological polar surface area (TPSA) is 28.2 Å². The minimum absolute atomic E-state index is 0.681. The normalized spacial score (nSPS) is 20.1. The van der Waals surface area contributed by atoms with Gasteiger partial charge >= 0.3 is 0 Å². The van der Waals surface area contributed by atoms with E-state index in [0.29, 0.717) is 6.04 Å². The van der Waals surface area contributed by atoms with E-state index in [2.05, 4.69) is 41.2 Å². The van der Waals surface area contributed by atoms with Gasteiger partial charge < -0.3 is 5.32 Å². The highest BCUT2D eigenvalue weighted by molar-refractivity contribution is 5.12. The number of nitrogens with zero attached hydrogens (tertiary/aromatic N) is 2. The molecule has 1 atom stereocenters. The fourth-order valence-corrected chi connectivity index (χ4v) is 2.35. The van der Waals surface area contributed by atoms with Gasteiger partial charge in [0.15, 0.2) is 0 Å². The molecule has 0 aliphatic carbocycles. The molecule has 2 heterocycles. The van der Waals surface area contributed by atoms with E-state index < -0.39 is 0 Å². The average molecular weight is 233 g/mol. The summed E-state index contributed by atoms with van der Waals surface area (Å²) in [5.41, 5.74) is 2.41. The Morgan fingerprint density at radius 3 is 2.94 bits per heavy atom. The van der Waals surface area contributed by atoms with Gasteiger partial charge in [0.05, 0.1) is 5.69 Å². The molecule has 0 amide bonds. The first-order valence-electron chi connectivity index (χ1n) is 6.65. The van der Waals surface area contributed by atoms with E-state index in [-0.39, 0.29) is 0 Å². The van der Waals surface area contributed by atoms with Gasteiger partial charge in [0.25, 0.3) is 0 Å². The zero-order valence-corrected chi connectivity index (χ0v) is 10.9. The Bertz CT molecular complexity index is 328. The molecule has 1 N–H and O–H groups in total. The van der Waals surface area contributed by atoms with E-state index in [4.69, 9.17) is 0 Å². The van der Waals surface area contributed by atoms with Crippen molar-refractivity contribution in [3.8, 4) is 0 Å². The quantitative estimate of drug-likeness (QED) is 0.842. The number of pyridine rings is 1. The third-order valence-electron chi connectivity index (χ3n) is 3.45. The molecule has 1 aliphatic rings. The highest BCUT2D eigenvalue weighted by Gasteiger charge is 2.17. The van der Waals surface area contributed by atoms with Gasteiger partial charge in [-0.1, -0.05) is 13.0 Å². The first-order chi connectivity index (χ1) is 8.28. The van der Waals surface area contributed by atoms with E-state index in [1.165, 1.54) is 30.6 Å². The molecule has 94 valence electrons. The van der Waals surface area contributed by atoms with Crippen LogP contribution in [0.1, 0.15) is 31.0 Å². The fourth-order valence-electron chi connectivity index (χ4n) is 2.35. The molecule has 2 rings (SSSR count). The molecule has 0 radical (unpaired) electrons. The van der Waals surface area contributed by atoms with Crippen molar-refractivity contribution >= 4 is 0 Å². The summed E-state index contributed by atoms with van der Waals surface area (Å²) in [7, 11) is 0. The molecule has 1 aromatic rings. The predicted octanol–water partition coefficient (Wildman–Crippen LogP) is 1.96. The van der Waals surface area contributed by atoms with E-state index in [9.17, 15) is 0 Å². The van der Waals surface area contributed by atoms with E-state index in [0.717, 1.165) is 19.6 Å². The summed E-state index contributed by atoms with van der Waals surface area (Å²) in [5, 5.41) is 3.55. The SMILES string of the molecule is CCN(Cc1ccc(C)cn1)CC1CCCN1. The van der Waals surface area contributed by atoms with Crippen LogP contribution in [0.2, 0.25) is 0 Å². The molecule has 1 saturated heterocycles. The van der Waals surface area contributed by atoms with E-state index >= 15 is 0 Å². The lowest BCUT2D eigenvalue weighted by Crippen LogP contribution is -2.37. The van der Waals surface area contributed by atoms with Crippen LogP contribution < -0.4 is 5.32 Å². The number of aryl methyl sites for hydroxylation is 1. The van der Waals surface area contributed by atoms with Crippen LogP contribution in [-0.2, 0) is 6.54 Å². The van der Waals surface area contributed by atoms with Crippen LogP contribution in [0.4, 0.5) is 0 Å². The van der Waals surface area contributed by atoms with Crippen molar-refractivity contribution in [2.24, 2.45) is 0 Å². The summed E-state index contributed by atoms with van der Waals surface area (Å²) >= 11 is 0. The molecule has 3 heteroatoms. The van der Waals surface area contributed by atoms with Gasteiger partial charge in [-0.15, -0.1) is 0 Å². The Morgan fingerprint density at radius 2 is 2.35 bits per heavy atom. The first-order valence-corrected chi connectivity index (χ1v) is 6.65. The van der Waals surface area contributed by atoms with Gasteiger partial charge in [0, 0.05) is 25.3 Å². The van der Waals surface area contributed by atoms with Gasteiger partial charge in [0.1, 0.15) is 0 Å². The lowest BCUT2D eigenvalue weighted by molar-refractivity contribution is 0.250. The Morgan fingerprint density at radius 1 is 1.47 bits per heavy atom. The third kappa shape index (κ3) is 3.79. The number of nitrogens with one attached hydrogen (secondary N) is 1. The molecule has 0 aromatic carbocycles. The zero-order valence-electron chi connectivity index (χ0n) is 10.9. The number of hydrogen-bond donors (Lipinski definition) is 1. The van der Waals surface area contributed by atoms with E-state index in [1.807, 2.05) is 6.20 Å². The smallest absolute Gasteiger partial charge is 0.0544 e. The van der Waals surface area contributed by atoms with Gasteiger partial charge in [-0.05, 0) is 44.5 Å². The minimum atomic E-state index is 0.681. The van der Waals surface area contributed by atoms with Gasteiger partial charge in [0.2, 0.25) is 0 Å². The molecule has 3 nitrogen and oxygen atoms in total. The van der Waals surface area contributed by atoms with Crippen LogP contribution >= 0.6 is 0 Å². The predicted molar refractivity (Wildman–Crippen MR) is 70.9 cm³/mol. The van der Waals surface area contributed by atoms with Crippen LogP contribution in [0, 0.1) is 6.92 Å². The summed E-state index contributed by atoms with van der Waals surface area (Å²) in [5.74, 6) is 0. The second-order valence-electron chi connectivity index (χ2n) is 4.95. The van der Waals surface area contributed by atoms with Crippen LogP contribution in [0.3, 0.4) is 0 Å². The molecular weight excluding hydrogens is 210 g/mol. The molecule has 1 unspecified atom stereocenters. The van der Waals surface area contributed by atoms with Gasteiger partial charge in [-0.3, -0.25) is 9.88 Å². The molecular formula is C14H23N3. The molecule has 1 aromatic heterocycles. The van der Waals surface area contributed by atoms with Crippen molar-refractivity contribution in [3.05, 3.63) is 29.6 Å². The molecule has 0 bridgehead atoms. The summed E-state index contributed by atoms with van der Waals surface area (Å²) in [6, 6.07) is 4.96. The molecule has 0 saturated carbocycles. The van der Waals surface area contributed by atoms with Crippen LogP contribution in [0.5, 0.6) is 0 Å². The third-order valence-corrected chi connectivity index (χ3v) is 3.45. The first kappa shape index (κ1) is 12.5. The molecule has 0 spiro atoms. The van der Waals surface area contributed by atoms with Crippen molar-refractivity contribution in [2.75, 3.05) is 19.6 Å². The minimum Gasteiger partial charge on any atom is -0.313 e. The van der Waals surface area contributed by atoms with Crippen molar-refractivity contribution in [1.82, 2.24) is 15.2 Å². The number of rotatable bonds is 5. The average Bonchev–Trinajstić information content (AvgIpc) is 2.84. The van der Waals surface area contributed by atoms with Crippen LogP contribution in [0.15, 0.2) is 18.3 Å². The maximum Gasteiger partial charge on any atom is 0.0544 e. The highest BCUT2D eigenvalue weighted by Crippen LogP contribution is 2.09. The van der Waals surface area contributed by atoms with Crippen LogP contribution in [-0.4, -0.2) is 35.6 Å². The lowest BCUT2D eigenvalue weighted by atomic mass is 10.2. The summed E-state index contributed by atoms with van der Waals surface area (Å²) in [4.78, 5) is 6.95. The van der Waals surface area contributed by atoms with Crippen molar-refractivity contribution in [3.63, 3.8) is 0 Å². The molecule has 1 fully saturated rings. The Balaban J connectivity index is 1.87.